The Morgan fingerprint density at radius 1 is 0.967 bits per heavy atom. The van der Waals surface area contributed by atoms with Gasteiger partial charge in [-0.3, -0.25) is 14.4 Å². The van der Waals surface area contributed by atoms with E-state index in [-0.39, 0.29) is 19.1 Å². The first-order valence-electron chi connectivity index (χ1n) is 9.98. The lowest BCUT2D eigenvalue weighted by atomic mass is 9.84. The highest BCUT2D eigenvalue weighted by Gasteiger charge is 2.49. The van der Waals surface area contributed by atoms with E-state index in [1.807, 2.05) is 0 Å². The van der Waals surface area contributed by atoms with Crippen molar-refractivity contribution in [2.45, 2.75) is 26.7 Å². The van der Waals surface area contributed by atoms with Gasteiger partial charge >= 0.3 is 11.9 Å². The third kappa shape index (κ3) is 4.43. The minimum atomic E-state index is -1.21. The number of carbonyl (C=O) groups is 3. The van der Waals surface area contributed by atoms with Crippen LogP contribution in [0.25, 0.3) is 10.1 Å². The van der Waals surface area contributed by atoms with Crippen LogP contribution in [0.1, 0.15) is 36.4 Å². The smallest absolute Gasteiger partial charge is 0.317 e. The minimum Gasteiger partial charge on any atom is -0.493 e. The average Bonchev–Trinajstić information content (AvgIpc) is 3.48. The van der Waals surface area contributed by atoms with Crippen LogP contribution in [0.5, 0.6) is 11.5 Å². The van der Waals surface area contributed by atoms with Crippen molar-refractivity contribution in [3.63, 3.8) is 0 Å². The van der Waals surface area contributed by atoms with E-state index in [0.717, 1.165) is 22.9 Å². The summed E-state index contributed by atoms with van der Waals surface area (Å²) in [6, 6.07) is 5.29. The number of Topliss-reactive ketones (excluding diaryl/α,β-unsaturated/α-hetero) is 1. The van der Waals surface area contributed by atoms with E-state index in [2.05, 4.69) is 0 Å². The summed E-state index contributed by atoms with van der Waals surface area (Å²) in [5.74, 6) is -2.61. The van der Waals surface area contributed by atoms with Crippen LogP contribution in [-0.2, 0) is 19.1 Å². The second-order valence-corrected chi connectivity index (χ2v) is 8.15. The maximum atomic E-state index is 13.5. The molecular formula is C22H26O7S. The molecule has 3 rings (SSSR count). The van der Waals surface area contributed by atoms with Crippen molar-refractivity contribution in [1.82, 2.24) is 0 Å². The van der Waals surface area contributed by atoms with Gasteiger partial charge < -0.3 is 18.9 Å². The fraction of sp³-hybridized carbons (Fsp3) is 0.500. The zero-order valence-corrected chi connectivity index (χ0v) is 18.4. The predicted molar refractivity (Wildman–Crippen MR) is 112 cm³/mol. The molecule has 0 saturated heterocycles. The molecule has 8 heteroatoms. The average molecular weight is 435 g/mol. The van der Waals surface area contributed by atoms with Crippen molar-refractivity contribution in [1.29, 1.82) is 0 Å². The van der Waals surface area contributed by atoms with Gasteiger partial charge in [0.1, 0.15) is 5.92 Å². The molecule has 0 amide bonds. The maximum absolute atomic E-state index is 13.5. The largest absolute Gasteiger partial charge is 0.493 e. The van der Waals surface area contributed by atoms with Crippen molar-refractivity contribution in [3.8, 4) is 11.5 Å². The minimum absolute atomic E-state index is 0.0445. The molecule has 7 nitrogen and oxygen atoms in total. The van der Waals surface area contributed by atoms with Crippen LogP contribution in [0.3, 0.4) is 0 Å². The van der Waals surface area contributed by atoms with Crippen LogP contribution in [0, 0.1) is 17.8 Å². The Bertz CT molecular complexity index is 903. The number of carbonyl (C=O) groups excluding carboxylic acids is 3. The number of methoxy groups -OCH3 is 2. The standard InChI is InChI=1S/C22H26O7S/c1-5-28-21(24)18(12-7-8-12)19(22(25)29-6-2)20(23)17-10-13-9-14(26-3)15(27-4)11-16(13)30-17/h9-12,18-19H,5-8H2,1-4H3. The van der Waals surface area contributed by atoms with Crippen LogP contribution < -0.4 is 9.47 Å². The molecule has 1 fully saturated rings. The highest BCUT2D eigenvalue weighted by Crippen LogP contribution is 2.44. The summed E-state index contributed by atoms with van der Waals surface area (Å²) in [7, 11) is 3.08. The van der Waals surface area contributed by atoms with E-state index < -0.39 is 29.6 Å². The van der Waals surface area contributed by atoms with Gasteiger partial charge in [-0.1, -0.05) is 0 Å². The predicted octanol–water partition coefficient (Wildman–Crippen LogP) is 3.87. The van der Waals surface area contributed by atoms with Crippen LogP contribution in [0.4, 0.5) is 0 Å². The number of hydrogen-bond donors (Lipinski definition) is 0. The summed E-state index contributed by atoms with van der Waals surface area (Å²) in [6.45, 7) is 3.70. The number of benzene rings is 1. The van der Waals surface area contributed by atoms with E-state index in [1.165, 1.54) is 11.3 Å². The molecule has 0 aliphatic heterocycles. The van der Waals surface area contributed by atoms with Gasteiger partial charge in [0, 0.05) is 10.8 Å². The molecule has 2 aromatic rings. The fourth-order valence-corrected chi connectivity index (χ4v) is 4.64. The molecule has 0 spiro atoms. The zero-order valence-electron chi connectivity index (χ0n) is 17.6. The molecule has 0 bridgehead atoms. The van der Waals surface area contributed by atoms with E-state index in [9.17, 15) is 14.4 Å². The van der Waals surface area contributed by atoms with Crippen molar-refractivity contribution in [2.75, 3.05) is 27.4 Å². The van der Waals surface area contributed by atoms with Gasteiger partial charge in [0.25, 0.3) is 0 Å². The molecule has 1 aliphatic carbocycles. The van der Waals surface area contributed by atoms with Gasteiger partial charge in [-0.15, -0.1) is 11.3 Å². The molecule has 162 valence electrons. The third-order valence-corrected chi connectivity index (χ3v) is 6.25. The normalized spacial score (nSPS) is 15.3. The Hall–Kier alpha value is -2.61. The van der Waals surface area contributed by atoms with Crippen molar-refractivity contribution in [3.05, 3.63) is 23.1 Å². The fourth-order valence-electron chi connectivity index (χ4n) is 3.58. The van der Waals surface area contributed by atoms with E-state index >= 15 is 0 Å². The summed E-state index contributed by atoms with van der Waals surface area (Å²) in [6.07, 6.45) is 1.57. The molecule has 1 aromatic heterocycles. The first-order valence-corrected chi connectivity index (χ1v) is 10.8. The second-order valence-electron chi connectivity index (χ2n) is 7.06. The lowest BCUT2D eigenvalue weighted by Crippen LogP contribution is -2.39. The van der Waals surface area contributed by atoms with Crippen LogP contribution in [-0.4, -0.2) is 45.2 Å². The van der Waals surface area contributed by atoms with E-state index in [0.29, 0.717) is 16.4 Å². The van der Waals surface area contributed by atoms with Gasteiger partial charge in [-0.25, -0.2) is 0 Å². The molecular weight excluding hydrogens is 408 g/mol. The summed E-state index contributed by atoms with van der Waals surface area (Å²) in [5.41, 5.74) is 0. The Balaban J connectivity index is 2.01. The molecule has 30 heavy (non-hydrogen) atoms. The molecule has 2 unspecified atom stereocenters. The number of rotatable bonds is 10. The Morgan fingerprint density at radius 3 is 2.13 bits per heavy atom. The zero-order chi connectivity index (χ0) is 21.8. The lowest BCUT2D eigenvalue weighted by molar-refractivity contribution is -0.159. The lowest BCUT2D eigenvalue weighted by Gasteiger charge is -2.22. The quantitative estimate of drug-likeness (QED) is 0.319. The van der Waals surface area contributed by atoms with Gasteiger partial charge in [0.05, 0.1) is 38.2 Å². The molecule has 2 atom stereocenters. The Morgan fingerprint density at radius 2 is 1.57 bits per heavy atom. The molecule has 1 aliphatic rings. The SMILES string of the molecule is CCOC(=O)C(C(=O)c1cc2cc(OC)c(OC)cc2s1)C(C(=O)OCC)C1CC1. The van der Waals surface area contributed by atoms with E-state index in [1.54, 1.807) is 46.3 Å². The van der Waals surface area contributed by atoms with Gasteiger partial charge in [-0.2, -0.15) is 0 Å². The van der Waals surface area contributed by atoms with Gasteiger partial charge in [-0.05, 0) is 50.1 Å². The van der Waals surface area contributed by atoms with Gasteiger partial charge in [0.2, 0.25) is 0 Å². The summed E-state index contributed by atoms with van der Waals surface area (Å²) < 4.78 is 21.8. The Kier molecular flexibility index (Phi) is 6.97. The van der Waals surface area contributed by atoms with E-state index in [4.69, 9.17) is 18.9 Å². The number of ether oxygens (including phenoxy) is 4. The number of thiophene rings is 1. The monoisotopic (exact) mass is 434 g/mol. The van der Waals surface area contributed by atoms with Crippen LogP contribution >= 0.6 is 11.3 Å². The molecule has 1 aromatic carbocycles. The number of ketones is 1. The first-order chi connectivity index (χ1) is 14.4. The van der Waals surface area contributed by atoms with Gasteiger partial charge in [0.15, 0.2) is 17.3 Å². The molecule has 1 saturated carbocycles. The van der Waals surface area contributed by atoms with Crippen molar-refractivity contribution >= 4 is 39.1 Å². The summed E-state index contributed by atoms with van der Waals surface area (Å²) in [5, 5.41) is 0.794. The topological polar surface area (TPSA) is 88.1 Å². The number of esters is 2. The third-order valence-electron chi connectivity index (χ3n) is 5.14. The number of fused-ring (bicyclic) bond motifs is 1. The van der Waals surface area contributed by atoms with Crippen molar-refractivity contribution < 1.29 is 33.3 Å². The van der Waals surface area contributed by atoms with Crippen molar-refractivity contribution in [2.24, 2.45) is 17.8 Å². The second kappa shape index (κ2) is 9.47. The summed E-state index contributed by atoms with van der Waals surface area (Å²) in [4.78, 5) is 39.3. The maximum Gasteiger partial charge on any atom is 0.317 e. The molecule has 0 radical (unpaired) electrons. The Labute approximate surface area is 179 Å². The highest BCUT2D eigenvalue weighted by molar-refractivity contribution is 7.20. The molecule has 0 N–H and O–H groups in total. The highest BCUT2D eigenvalue weighted by atomic mass is 32.1. The number of hydrogen-bond acceptors (Lipinski definition) is 8. The van der Waals surface area contributed by atoms with Crippen LogP contribution in [0.15, 0.2) is 18.2 Å². The van der Waals surface area contributed by atoms with Crippen LogP contribution in [0.2, 0.25) is 0 Å². The molecule has 1 heterocycles. The first kappa shape index (κ1) is 22.1. The summed E-state index contributed by atoms with van der Waals surface area (Å²) >= 11 is 1.25.